The molecule has 19 heavy (non-hydrogen) atoms. The molecule has 0 radical (unpaired) electrons. The molecular formula is C16H23NOS. The van der Waals surface area contributed by atoms with Crippen molar-refractivity contribution >= 4 is 21.4 Å². The molecule has 1 N–H and O–H groups in total. The normalized spacial score (nSPS) is 12.9. The first-order valence-corrected chi connectivity index (χ1v) is 7.99. The van der Waals surface area contributed by atoms with Crippen molar-refractivity contribution in [3.8, 4) is 0 Å². The van der Waals surface area contributed by atoms with Crippen LogP contribution < -0.4 is 5.32 Å². The molecule has 0 spiro atoms. The largest absolute Gasteiger partial charge is 0.380 e. The lowest BCUT2D eigenvalue weighted by Crippen LogP contribution is -2.35. The number of hydrogen-bond acceptors (Lipinski definition) is 3. The highest BCUT2D eigenvalue weighted by Crippen LogP contribution is 2.26. The second-order valence-electron chi connectivity index (χ2n) is 4.79. The summed E-state index contributed by atoms with van der Waals surface area (Å²) in [5, 5.41) is 7.21. The van der Waals surface area contributed by atoms with Crippen LogP contribution in [-0.4, -0.2) is 25.8 Å². The van der Waals surface area contributed by atoms with Gasteiger partial charge in [-0.15, -0.1) is 11.3 Å². The molecule has 0 bridgehead atoms. The fourth-order valence-corrected chi connectivity index (χ4v) is 3.28. The van der Waals surface area contributed by atoms with Gasteiger partial charge in [-0.05, 0) is 41.8 Å². The summed E-state index contributed by atoms with van der Waals surface area (Å²) in [5.74, 6) is 0. The molecule has 1 atom stereocenters. The van der Waals surface area contributed by atoms with E-state index in [1.165, 1.54) is 15.6 Å². The summed E-state index contributed by atoms with van der Waals surface area (Å²) in [4.78, 5) is 0. The summed E-state index contributed by atoms with van der Waals surface area (Å²) in [6, 6.07) is 9.05. The van der Waals surface area contributed by atoms with Crippen LogP contribution in [0.1, 0.15) is 25.8 Å². The average molecular weight is 277 g/mol. The highest BCUT2D eigenvalue weighted by atomic mass is 32.1. The Morgan fingerprint density at radius 1 is 1.26 bits per heavy atom. The molecule has 0 amide bonds. The molecule has 0 aliphatic carbocycles. The van der Waals surface area contributed by atoms with E-state index in [9.17, 15) is 0 Å². The zero-order chi connectivity index (χ0) is 13.5. The van der Waals surface area contributed by atoms with Gasteiger partial charge in [-0.3, -0.25) is 0 Å². The van der Waals surface area contributed by atoms with E-state index < -0.39 is 0 Å². The Balaban J connectivity index is 2.03. The predicted octanol–water partition coefficient (Wildman–Crippen LogP) is 3.85. The van der Waals surface area contributed by atoms with Crippen LogP contribution in [0, 0.1) is 0 Å². The number of fused-ring (bicyclic) bond motifs is 1. The highest BCUT2D eigenvalue weighted by Gasteiger charge is 2.11. The van der Waals surface area contributed by atoms with Crippen LogP contribution in [-0.2, 0) is 11.2 Å². The maximum absolute atomic E-state index is 5.70. The summed E-state index contributed by atoms with van der Waals surface area (Å²) in [7, 11) is 0. The molecule has 0 saturated heterocycles. The fourth-order valence-electron chi connectivity index (χ4n) is 2.30. The smallest absolute Gasteiger partial charge is 0.0622 e. The standard InChI is InChI=1S/C16H23NOS/c1-3-9-18-11-14(17-4-2)10-13-12-19-16-8-6-5-7-15(13)16/h5-8,12,14,17H,3-4,9-11H2,1-2H3. The van der Waals surface area contributed by atoms with Gasteiger partial charge in [0.1, 0.15) is 0 Å². The quantitative estimate of drug-likeness (QED) is 0.740. The minimum Gasteiger partial charge on any atom is -0.380 e. The fraction of sp³-hybridized carbons (Fsp3) is 0.500. The van der Waals surface area contributed by atoms with Gasteiger partial charge in [0.2, 0.25) is 0 Å². The van der Waals surface area contributed by atoms with E-state index in [2.05, 4.69) is 48.8 Å². The summed E-state index contributed by atoms with van der Waals surface area (Å²) >= 11 is 1.83. The minimum atomic E-state index is 0.412. The van der Waals surface area contributed by atoms with Crippen molar-refractivity contribution in [1.82, 2.24) is 5.32 Å². The number of hydrogen-bond donors (Lipinski definition) is 1. The van der Waals surface area contributed by atoms with Gasteiger partial charge < -0.3 is 10.1 Å². The predicted molar refractivity (Wildman–Crippen MR) is 84.1 cm³/mol. The topological polar surface area (TPSA) is 21.3 Å². The minimum absolute atomic E-state index is 0.412. The summed E-state index contributed by atoms with van der Waals surface area (Å²) in [6.45, 7) is 6.94. The Hall–Kier alpha value is -0.900. The highest BCUT2D eigenvalue weighted by molar-refractivity contribution is 7.17. The summed E-state index contributed by atoms with van der Waals surface area (Å²) in [5.41, 5.74) is 1.44. The molecule has 0 aliphatic heterocycles. The first-order valence-electron chi connectivity index (χ1n) is 7.11. The number of thiophene rings is 1. The van der Waals surface area contributed by atoms with Crippen LogP contribution in [0.25, 0.3) is 10.1 Å². The number of rotatable bonds is 8. The van der Waals surface area contributed by atoms with Crippen LogP contribution in [0.2, 0.25) is 0 Å². The molecule has 0 aliphatic rings. The molecule has 1 aromatic carbocycles. The van der Waals surface area contributed by atoms with E-state index in [0.29, 0.717) is 6.04 Å². The second-order valence-corrected chi connectivity index (χ2v) is 5.70. The average Bonchev–Trinajstić information content (AvgIpc) is 2.83. The van der Waals surface area contributed by atoms with Gasteiger partial charge in [0.05, 0.1) is 6.61 Å². The number of nitrogens with one attached hydrogen (secondary N) is 1. The van der Waals surface area contributed by atoms with Gasteiger partial charge in [0, 0.05) is 17.3 Å². The Morgan fingerprint density at radius 2 is 2.11 bits per heavy atom. The van der Waals surface area contributed by atoms with Crippen molar-refractivity contribution in [2.45, 2.75) is 32.7 Å². The zero-order valence-corrected chi connectivity index (χ0v) is 12.6. The Kier molecular flexibility index (Phi) is 5.83. The second kappa shape index (κ2) is 7.63. The molecule has 2 nitrogen and oxygen atoms in total. The van der Waals surface area contributed by atoms with Gasteiger partial charge in [-0.25, -0.2) is 0 Å². The van der Waals surface area contributed by atoms with E-state index in [1.807, 2.05) is 11.3 Å². The molecule has 0 fully saturated rings. The Bertz CT molecular complexity index is 494. The third-order valence-corrected chi connectivity index (χ3v) is 4.20. The first-order chi connectivity index (χ1) is 9.35. The number of benzene rings is 1. The number of likely N-dealkylation sites (N-methyl/N-ethyl adjacent to an activating group) is 1. The zero-order valence-electron chi connectivity index (χ0n) is 11.8. The van der Waals surface area contributed by atoms with Gasteiger partial charge >= 0.3 is 0 Å². The van der Waals surface area contributed by atoms with Crippen LogP contribution in [0.4, 0.5) is 0 Å². The summed E-state index contributed by atoms with van der Waals surface area (Å²) in [6.07, 6.45) is 2.13. The third kappa shape index (κ3) is 4.03. The molecule has 2 aromatic rings. The van der Waals surface area contributed by atoms with E-state index in [0.717, 1.165) is 32.6 Å². The van der Waals surface area contributed by atoms with Gasteiger partial charge in [0.15, 0.2) is 0 Å². The lowest BCUT2D eigenvalue weighted by molar-refractivity contribution is 0.112. The van der Waals surface area contributed by atoms with Crippen molar-refractivity contribution in [2.24, 2.45) is 0 Å². The lowest BCUT2D eigenvalue weighted by atomic mass is 10.1. The molecule has 1 aromatic heterocycles. The molecule has 2 rings (SSSR count). The summed E-state index contributed by atoms with van der Waals surface area (Å²) < 4.78 is 7.08. The maximum atomic E-state index is 5.70. The van der Waals surface area contributed by atoms with E-state index in [-0.39, 0.29) is 0 Å². The molecule has 1 unspecified atom stereocenters. The maximum Gasteiger partial charge on any atom is 0.0622 e. The van der Waals surface area contributed by atoms with Gasteiger partial charge in [0.25, 0.3) is 0 Å². The van der Waals surface area contributed by atoms with E-state index in [4.69, 9.17) is 4.74 Å². The third-order valence-electron chi connectivity index (χ3n) is 3.19. The molecule has 1 heterocycles. The van der Waals surface area contributed by atoms with Crippen LogP contribution in [0.15, 0.2) is 29.6 Å². The van der Waals surface area contributed by atoms with Crippen molar-refractivity contribution in [1.29, 1.82) is 0 Å². The van der Waals surface area contributed by atoms with Crippen molar-refractivity contribution in [3.05, 3.63) is 35.2 Å². The van der Waals surface area contributed by atoms with Gasteiger partial charge in [-0.2, -0.15) is 0 Å². The Labute approximate surface area is 119 Å². The first kappa shape index (κ1) is 14.5. The monoisotopic (exact) mass is 277 g/mol. The molecule has 104 valence electrons. The lowest BCUT2D eigenvalue weighted by Gasteiger charge is -2.17. The van der Waals surface area contributed by atoms with Crippen molar-refractivity contribution in [2.75, 3.05) is 19.8 Å². The Morgan fingerprint density at radius 3 is 2.89 bits per heavy atom. The van der Waals surface area contributed by atoms with Crippen LogP contribution in [0.3, 0.4) is 0 Å². The molecular weight excluding hydrogens is 254 g/mol. The molecule has 0 saturated carbocycles. The van der Waals surface area contributed by atoms with Crippen LogP contribution >= 0.6 is 11.3 Å². The SMILES string of the molecule is CCCOCC(Cc1csc2ccccc12)NCC. The van der Waals surface area contributed by atoms with Crippen LogP contribution in [0.5, 0.6) is 0 Å². The number of ether oxygens (including phenoxy) is 1. The van der Waals surface area contributed by atoms with E-state index >= 15 is 0 Å². The van der Waals surface area contributed by atoms with E-state index in [1.54, 1.807) is 0 Å². The van der Waals surface area contributed by atoms with Gasteiger partial charge in [-0.1, -0.05) is 32.0 Å². The van der Waals surface area contributed by atoms with Crippen molar-refractivity contribution in [3.63, 3.8) is 0 Å². The molecule has 3 heteroatoms. The van der Waals surface area contributed by atoms with Crippen molar-refractivity contribution < 1.29 is 4.74 Å².